The molecule has 0 aromatic heterocycles. The number of rotatable bonds is 4. The quantitative estimate of drug-likeness (QED) is 0.586. The van der Waals surface area contributed by atoms with Crippen LogP contribution in [0.4, 0.5) is 0 Å². The first-order valence-corrected chi connectivity index (χ1v) is 11.0. The second kappa shape index (κ2) is 7.31. The highest BCUT2D eigenvalue weighted by molar-refractivity contribution is 5.96. The van der Waals surface area contributed by atoms with E-state index in [1.54, 1.807) is 0 Å². The van der Waals surface area contributed by atoms with Crippen molar-refractivity contribution < 1.29 is 14.4 Å². The number of hydrogen-bond donors (Lipinski definition) is 1. The fourth-order valence-corrected chi connectivity index (χ4v) is 6.82. The van der Waals surface area contributed by atoms with Gasteiger partial charge in [0.15, 0.2) is 0 Å². The maximum absolute atomic E-state index is 12.5. The summed E-state index contributed by atoms with van der Waals surface area (Å²) in [4.78, 5) is 28.8. The summed E-state index contributed by atoms with van der Waals surface area (Å²) in [5.41, 5.74) is 2.79. The van der Waals surface area contributed by atoms with Gasteiger partial charge in [-0.3, -0.25) is 9.59 Å². The number of fused-ring (bicyclic) bond motifs is 5. The van der Waals surface area contributed by atoms with E-state index in [0.717, 1.165) is 44.2 Å². The predicted octanol–water partition coefficient (Wildman–Crippen LogP) is 4.03. The van der Waals surface area contributed by atoms with Crippen molar-refractivity contribution in [3.8, 4) is 0 Å². The third kappa shape index (κ3) is 3.21. The van der Waals surface area contributed by atoms with E-state index in [1.807, 2.05) is 0 Å². The minimum Gasteiger partial charge on any atom is -0.394 e. The molecule has 0 saturated heterocycles. The van der Waals surface area contributed by atoms with Gasteiger partial charge in [0.2, 0.25) is 5.91 Å². The van der Waals surface area contributed by atoms with Crippen LogP contribution >= 0.6 is 0 Å². The Labute approximate surface area is 168 Å². The van der Waals surface area contributed by atoms with Gasteiger partial charge in [0.05, 0.1) is 12.3 Å². The molecule has 1 N–H and O–H groups in total. The molecule has 0 bridgehead atoms. The minimum atomic E-state index is -0.0453. The van der Waals surface area contributed by atoms with Crippen LogP contribution in [-0.2, 0) is 14.4 Å². The average molecular weight is 387 g/mol. The normalized spacial score (nSPS) is 41.0. The van der Waals surface area contributed by atoms with Crippen molar-refractivity contribution in [1.82, 2.24) is 5.32 Å². The van der Waals surface area contributed by atoms with Crippen LogP contribution in [0.25, 0.3) is 0 Å². The molecule has 4 rings (SSSR count). The Hall–Kier alpha value is -1.65. The third-order valence-electron chi connectivity index (χ3n) is 8.44. The van der Waals surface area contributed by atoms with Crippen LogP contribution in [0.2, 0.25) is 0 Å². The monoisotopic (exact) mass is 386 g/mol. The first kappa shape index (κ1) is 19.7. The van der Waals surface area contributed by atoms with Crippen LogP contribution in [0.5, 0.6) is 0 Å². The molecular weight excluding hydrogens is 352 g/mol. The summed E-state index contributed by atoms with van der Waals surface area (Å²) in [5.74, 6) is 2.50. The first-order valence-electron chi connectivity index (χ1n) is 11.0. The van der Waals surface area contributed by atoms with Gasteiger partial charge >= 0.3 is 0 Å². The van der Waals surface area contributed by atoms with Gasteiger partial charge < -0.3 is 10.2 Å². The summed E-state index contributed by atoms with van der Waals surface area (Å²) in [5, 5.41) is 7.04. The van der Waals surface area contributed by atoms with E-state index in [2.05, 4.69) is 30.4 Å². The van der Waals surface area contributed by atoms with Gasteiger partial charge in [-0.2, -0.15) is 0 Å². The Kier molecular flexibility index (Phi) is 5.13. The van der Waals surface area contributed by atoms with E-state index in [4.69, 9.17) is 4.84 Å². The van der Waals surface area contributed by atoms with E-state index in [-0.39, 0.29) is 16.7 Å². The zero-order valence-electron chi connectivity index (χ0n) is 17.6. The van der Waals surface area contributed by atoms with Gasteiger partial charge in [-0.05, 0) is 74.2 Å². The molecule has 3 saturated carbocycles. The van der Waals surface area contributed by atoms with Gasteiger partial charge in [-0.1, -0.05) is 24.6 Å². The van der Waals surface area contributed by atoms with Gasteiger partial charge in [0, 0.05) is 18.8 Å². The lowest BCUT2D eigenvalue weighted by Crippen LogP contribution is -2.50. The van der Waals surface area contributed by atoms with Crippen LogP contribution in [-0.4, -0.2) is 30.6 Å². The summed E-state index contributed by atoms with van der Waals surface area (Å²) in [6.07, 6.45) is 10.9. The second-order valence-corrected chi connectivity index (χ2v) is 9.82. The van der Waals surface area contributed by atoms with E-state index in [0.29, 0.717) is 36.7 Å². The van der Waals surface area contributed by atoms with Crippen molar-refractivity contribution in [2.24, 2.45) is 33.7 Å². The van der Waals surface area contributed by atoms with E-state index in [9.17, 15) is 9.59 Å². The van der Waals surface area contributed by atoms with Gasteiger partial charge in [-0.25, -0.2) is 0 Å². The topological polar surface area (TPSA) is 67.8 Å². The molecule has 5 nitrogen and oxygen atoms in total. The highest BCUT2D eigenvalue weighted by Gasteiger charge is 2.58. The van der Waals surface area contributed by atoms with Gasteiger partial charge in [0.25, 0.3) is 0 Å². The van der Waals surface area contributed by atoms with Crippen molar-refractivity contribution in [3.63, 3.8) is 0 Å². The molecule has 0 heterocycles. The lowest BCUT2D eigenvalue weighted by molar-refractivity contribution is -0.132. The summed E-state index contributed by atoms with van der Waals surface area (Å²) in [7, 11) is 0. The molecule has 0 spiro atoms. The SMILES string of the molecule is CC(=O)NCCON=C1C=C2CCC3C(CC[C@]4(C)C(=O)CCC34)[C@@]2(C)CC1. The van der Waals surface area contributed by atoms with Crippen molar-refractivity contribution in [3.05, 3.63) is 11.6 Å². The van der Waals surface area contributed by atoms with Crippen molar-refractivity contribution in [1.29, 1.82) is 0 Å². The number of Topliss-reactive ketones (excluding diaryl/α,β-unsaturated/α-hetero) is 1. The lowest BCUT2D eigenvalue weighted by Gasteiger charge is -2.57. The lowest BCUT2D eigenvalue weighted by atomic mass is 9.47. The highest BCUT2D eigenvalue weighted by Crippen LogP contribution is 2.64. The Balaban J connectivity index is 1.45. The molecule has 5 atom stereocenters. The van der Waals surface area contributed by atoms with Gasteiger partial charge in [0.1, 0.15) is 12.4 Å². The third-order valence-corrected chi connectivity index (χ3v) is 8.44. The maximum atomic E-state index is 12.5. The number of oxime groups is 1. The summed E-state index contributed by atoms with van der Waals surface area (Å²) in [6.45, 7) is 7.11. The first-order chi connectivity index (χ1) is 13.3. The number of nitrogens with zero attached hydrogens (tertiary/aromatic N) is 1. The standard InChI is InChI=1S/C23H34N2O3/c1-15(26)24-12-13-28-25-17-8-10-22(2)16(14-17)4-5-18-19-6-7-21(27)23(19,3)11-9-20(18)22/h14,18-20H,4-13H2,1-3H3,(H,24,26)/t18?,19?,20?,22-,23-/m0/s1. The van der Waals surface area contributed by atoms with Crippen LogP contribution in [0.1, 0.15) is 72.1 Å². The molecule has 3 unspecified atom stereocenters. The largest absolute Gasteiger partial charge is 0.394 e. The van der Waals surface area contributed by atoms with Crippen LogP contribution in [0.15, 0.2) is 16.8 Å². The molecule has 0 aliphatic heterocycles. The van der Waals surface area contributed by atoms with Crippen molar-refractivity contribution >= 4 is 17.4 Å². The van der Waals surface area contributed by atoms with E-state index >= 15 is 0 Å². The molecule has 154 valence electrons. The number of hydrogen-bond acceptors (Lipinski definition) is 4. The Bertz CT molecular complexity index is 727. The predicted molar refractivity (Wildman–Crippen MR) is 109 cm³/mol. The van der Waals surface area contributed by atoms with Crippen molar-refractivity contribution in [2.45, 2.75) is 72.1 Å². The van der Waals surface area contributed by atoms with Crippen LogP contribution in [0.3, 0.4) is 0 Å². The Morgan fingerprint density at radius 3 is 2.71 bits per heavy atom. The highest BCUT2D eigenvalue weighted by atomic mass is 16.6. The average Bonchev–Trinajstić information content (AvgIpc) is 2.96. The zero-order valence-corrected chi connectivity index (χ0v) is 17.6. The molecule has 4 aliphatic rings. The molecule has 28 heavy (non-hydrogen) atoms. The number of carbonyl (C=O) groups is 2. The van der Waals surface area contributed by atoms with E-state index < -0.39 is 0 Å². The maximum Gasteiger partial charge on any atom is 0.216 e. The fraction of sp³-hybridized carbons (Fsp3) is 0.783. The smallest absolute Gasteiger partial charge is 0.216 e. The number of nitrogens with one attached hydrogen (secondary N) is 1. The molecular formula is C23H34N2O3. The number of ketones is 1. The Morgan fingerprint density at radius 1 is 1.14 bits per heavy atom. The van der Waals surface area contributed by atoms with E-state index in [1.165, 1.54) is 25.3 Å². The molecule has 0 aromatic rings. The molecule has 3 fully saturated rings. The molecule has 0 radical (unpaired) electrons. The molecule has 0 aromatic carbocycles. The molecule has 5 heteroatoms. The van der Waals surface area contributed by atoms with Crippen molar-refractivity contribution in [2.75, 3.05) is 13.2 Å². The summed E-state index contributed by atoms with van der Waals surface area (Å²) < 4.78 is 0. The number of allylic oxidation sites excluding steroid dienone is 2. The molecule has 4 aliphatic carbocycles. The second-order valence-electron chi connectivity index (χ2n) is 9.82. The number of amides is 1. The summed E-state index contributed by atoms with van der Waals surface area (Å²) >= 11 is 0. The fourth-order valence-electron chi connectivity index (χ4n) is 6.82. The molecule has 1 amide bonds. The van der Waals surface area contributed by atoms with Crippen LogP contribution in [0, 0.1) is 28.6 Å². The summed E-state index contributed by atoms with van der Waals surface area (Å²) in [6, 6.07) is 0. The Morgan fingerprint density at radius 2 is 1.93 bits per heavy atom. The minimum absolute atomic E-state index is 0.0399. The van der Waals surface area contributed by atoms with Gasteiger partial charge in [-0.15, -0.1) is 0 Å². The number of carbonyl (C=O) groups excluding carboxylic acids is 2. The van der Waals surface area contributed by atoms with Crippen LogP contribution < -0.4 is 5.32 Å². The zero-order chi connectivity index (χ0) is 19.9.